The number of carbonyl (C=O) groups excluding carboxylic acids is 2. The number of aromatic nitrogens is 1. The number of ether oxygens (including phenoxy) is 2. The maximum absolute atomic E-state index is 12.5. The van der Waals surface area contributed by atoms with Gasteiger partial charge in [-0.3, -0.25) is 14.6 Å². The predicted molar refractivity (Wildman–Crippen MR) is 121 cm³/mol. The lowest BCUT2D eigenvalue weighted by Gasteiger charge is -2.37. The second kappa shape index (κ2) is 9.49. The zero-order chi connectivity index (χ0) is 22.8. The van der Waals surface area contributed by atoms with Crippen molar-refractivity contribution in [1.29, 1.82) is 0 Å². The molecule has 4 atom stereocenters. The van der Waals surface area contributed by atoms with E-state index >= 15 is 0 Å². The lowest BCUT2D eigenvalue weighted by Crippen LogP contribution is -2.47. The van der Waals surface area contributed by atoms with Crippen LogP contribution in [0.15, 0.2) is 42.7 Å². The van der Waals surface area contributed by atoms with Crippen molar-refractivity contribution in [2.24, 2.45) is 5.92 Å². The van der Waals surface area contributed by atoms with Crippen LogP contribution in [0.3, 0.4) is 0 Å². The first-order chi connectivity index (χ1) is 16.1. The molecule has 3 N–H and O–H groups in total. The molecule has 2 amide bonds. The Morgan fingerprint density at radius 2 is 1.91 bits per heavy atom. The maximum atomic E-state index is 12.5. The van der Waals surface area contributed by atoms with E-state index in [1.807, 2.05) is 30.3 Å². The summed E-state index contributed by atoms with van der Waals surface area (Å²) in [5, 5.41) is 15.8. The van der Waals surface area contributed by atoms with Crippen molar-refractivity contribution in [2.45, 2.75) is 62.9 Å². The van der Waals surface area contributed by atoms with Crippen LogP contribution in [0.2, 0.25) is 0 Å². The number of carbonyl (C=O) groups is 2. The fraction of sp³-hybridized carbons (Fsp3) is 0.480. The van der Waals surface area contributed by atoms with Gasteiger partial charge in [-0.2, -0.15) is 0 Å². The Hall–Kier alpha value is -2.97. The molecule has 1 aromatic heterocycles. The molecule has 2 fully saturated rings. The number of fused-ring (bicyclic) bond motifs is 3. The van der Waals surface area contributed by atoms with Crippen molar-refractivity contribution in [3.63, 3.8) is 0 Å². The second-order valence-electron chi connectivity index (χ2n) is 9.19. The molecule has 2 aromatic rings. The smallest absolute Gasteiger partial charge is 0.224 e. The molecule has 8 nitrogen and oxygen atoms in total. The van der Waals surface area contributed by atoms with E-state index in [0.29, 0.717) is 25.3 Å². The van der Waals surface area contributed by atoms with Gasteiger partial charge in [0.2, 0.25) is 11.8 Å². The van der Waals surface area contributed by atoms with E-state index in [1.54, 1.807) is 12.4 Å². The Morgan fingerprint density at radius 1 is 1.09 bits per heavy atom. The lowest BCUT2D eigenvalue weighted by molar-refractivity contribution is -0.142. The summed E-state index contributed by atoms with van der Waals surface area (Å²) >= 11 is 0. The number of aliphatic hydroxyl groups excluding tert-OH is 1. The van der Waals surface area contributed by atoms with Crippen molar-refractivity contribution in [1.82, 2.24) is 10.3 Å². The third-order valence-electron chi connectivity index (χ3n) is 6.61. The molecular formula is C25H29N3O5. The molecular weight excluding hydrogens is 422 g/mol. The van der Waals surface area contributed by atoms with Gasteiger partial charge in [0.1, 0.15) is 18.0 Å². The normalized spacial score (nSPS) is 25.5. The number of anilines is 1. The van der Waals surface area contributed by atoms with E-state index in [4.69, 9.17) is 9.47 Å². The van der Waals surface area contributed by atoms with Crippen LogP contribution in [0.25, 0.3) is 0 Å². The molecule has 3 aliphatic rings. The van der Waals surface area contributed by atoms with Crippen molar-refractivity contribution >= 4 is 17.5 Å². The molecule has 174 valence electrons. The highest BCUT2D eigenvalue weighted by Gasteiger charge is 2.46. The molecule has 33 heavy (non-hydrogen) atoms. The minimum atomic E-state index is -0.512. The highest BCUT2D eigenvalue weighted by molar-refractivity contribution is 5.91. The zero-order valence-corrected chi connectivity index (χ0v) is 18.4. The molecule has 8 heteroatoms. The number of hydrogen-bond donors (Lipinski definition) is 3. The van der Waals surface area contributed by atoms with E-state index < -0.39 is 6.10 Å². The first-order valence-electron chi connectivity index (χ1n) is 11.6. The van der Waals surface area contributed by atoms with Crippen molar-refractivity contribution in [3.8, 4) is 5.75 Å². The fourth-order valence-electron chi connectivity index (χ4n) is 4.74. The fourth-order valence-corrected chi connectivity index (χ4v) is 4.74. The van der Waals surface area contributed by atoms with Gasteiger partial charge in [0.25, 0.3) is 0 Å². The van der Waals surface area contributed by atoms with E-state index in [1.165, 1.54) is 0 Å². The van der Waals surface area contributed by atoms with Gasteiger partial charge in [-0.1, -0.05) is 0 Å². The molecule has 1 aliphatic carbocycles. The first kappa shape index (κ1) is 21.9. The minimum absolute atomic E-state index is 0.0100. The average molecular weight is 452 g/mol. The highest BCUT2D eigenvalue weighted by atomic mass is 16.6. The Kier molecular flexibility index (Phi) is 6.28. The van der Waals surface area contributed by atoms with Crippen LogP contribution >= 0.6 is 0 Å². The van der Waals surface area contributed by atoms with Crippen LogP contribution in [0.4, 0.5) is 5.69 Å². The topological polar surface area (TPSA) is 110 Å². The maximum Gasteiger partial charge on any atom is 0.224 e. The summed E-state index contributed by atoms with van der Waals surface area (Å²) in [4.78, 5) is 28.8. The number of pyridine rings is 1. The summed E-state index contributed by atoms with van der Waals surface area (Å²) in [6, 6.07) is 9.39. The monoisotopic (exact) mass is 451 g/mol. The highest BCUT2D eigenvalue weighted by Crippen LogP contribution is 2.47. The van der Waals surface area contributed by atoms with E-state index in [9.17, 15) is 14.7 Å². The van der Waals surface area contributed by atoms with E-state index in [2.05, 4.69) is 15.6 Å². The Labute approximate surface area is 192 Å². The number of rotatable bonds is 8. The number of amides is 2. The quantitative estimate of drug-likeness (QED) is 0.569. The van der Waals surface area contributed by atoms with Gasteiger partial charge in [-0.25, -0.2) is 0 Å². The van der Waals surface area contributed by atoms with Gasteiger partial charge in [0, 0.05) is 42.5 Å². The zero-order valence-electron chi connectivity index (χ0n) is 18.4. The van der Waals surface area contributed by atoms with E-state index in [-0.39, 0.29) is 43.0 Å². The van der Waals surface area contributed by atoms with Gasteiger partial charge in [-0.05, 0) is 61.1 Å². The molecule has 0 spiro atoms. The van der Waals surface area contributed by atoms with Crippen molar-refractivity contribution in [3.05, 3.63) is 53.9 Å². The molecule has 1 aromatic carbocycles. The Balaban J connectivity index is 1.24. The summed E-state index contributed by atoms with van der Waals surface area (Å²) in [6.07, 6.45) is 5.88. The SMILES string of the molecule is O=C(C[C@H]1C[C@@H]2c3cc(NC(=O)CC4CC4)ccc3O[C@@H]2[C@@H](CO)O1)NCc1ccncc1. The summed E-state index contributed by atoms with van der Waals surface area (Å²) in [5.41, 5.74) is 2.72. The second-order valence-corrected chi connectivity index (χ2v) is 9.19. The average Bonchev–Trinajstić information content (AvgIpc) is 3.56. The summed E-state index contributed by atoms with van der Waals surface area (Å²) < 4.78 is 12.1. The molecule has 2 aliphatic heterocycles. The van der Waals surface area contributed by atoms with Gasteiger partial charge >= 0.3 is 0 Å². The van der Waals surface area contributed by atoms with Gasteiger partial charge in [0.05, 0.1) is 19.1 Å². The Morgan fingerprint density at radius 3 is 2.67 bits per heavy atom. The van der Waals surface area contributed by atoms with Gasteiger partial charge < -0.3 is 25.2 Å². The summed E-state index contributed by atoms with van der Waals surface area (Å²) in [5.74, 6) is 1.20. The lowest BCUT2D eigenvalue weighted by atomic mass is 9.84. The largest absolute Gasteiger partial charge is 0.487 e. The summed E-state index contributed by atoms with van der Waals surface area (Å²) in [7, 11) is 0. The number of nitrogens with zero attached hydrogens (tertiary/aromatic N) is 1. The van der Waals surface area contributed by atoms with Crippen molar-refractivity contribution < 1.29 is 24.2 Å². The molecule has 0 radical (unpaired) electrons. The third kappa shape index (κ3) is 5.17. The molecule has 0 bridgehead atoms. The van der Waals surface area contributed by atoms with E-state index in [0.717, 1.165) is 35.4 Å². The van der Waals surface area contributed by atoms with Crippen molar-refractivity contribution in [2.75, 3.05) is 11.9 Å². The number of nitrogens with one attached hydrogen (secondary N) is 2. The standard InChI is InChI=1S/C25H29N3O5/c29-14-22-25-20(11-18(32-22)12-23(30)27-13-16-5-7-26-8-6-16)19-10-17(3-4-21(19)33-25)28-24(31)9-15-1-2-15/h3-8,10,15,18,20,22,25,29H,1-2,9,11-14H2,(H,27,30)(H,28,31)/t18-,20-,22-,25+/m1/s1. The molecule has 0 unspecified atom stereocenters. The van der Waals surface area contributed by atoms with Crippen LogP contribution < -0.4 is 15.4 Å². The Bertz CT molecular complexity index is 1010. The van der Waals surface area contributed by atoms with Crippen LogP contribution in [0.5, 0.6) is 5.75 Å². The van der Waals surface area contributed by atoms with Crippen LogP contribution in [-0.2, 0) is 20.9 Å². The molecule has 5 rings (SSSR count). The van der Waals surface area contributed by atoms with Crippen LogP contribution in [0, 0.1) is 5.92 Å². The first-order valence-corrected chi connectivity index (χ1v) is 11.6. The number of hydrogen-bond acceptors (Lipinski definition) is 6. The number of aliphatic hydroxyl groups is 1. The molecule has 1 saturated carbocycles. The molecule has 3 heterocycles. The van der Waals surface area contributed by atoms with Gasteiger partial charge in [-0.15, -0.1) is 0 Å². The third-order valence-corrected chi connectivity index (χ3v) is 6.61. The minimum Gasteiger partial charge on any atom is -0.487 e. The predicted octanol–water partition coefficient (Wildman–Crippen LogP) is 2.52. The van der Waals surface area contributed by atoms with Crippen LogP contribution in [0.1, 0.15) is 49.1 Å². The summed E-state index contributed by atoms with van der Waals surface area (Å²) in [6.45, 7) is 0.245. The van der Waals surface area contributed by atoms with Gasteiger partial charge in [0.15, 0.2) is 0 Å². The van der Waals surface area contributed by atoms with Crippen LogP contribution in [-0.4, -0.2) is 46.8 Å². The molecule has 1 saturated heterocycles. The number of benzene rings is 1.